The number of hydrogen-bond donors (Lipinski definition) is 0. The van der Waals surface area contributed by atoms with Gasteiger partial charge in [-0.2, -0.15) is 13.1 Å². The number of benzene rings is 2. The van der Waals surface area contributed by atoms with Gasteiger partial charge in [0, 0.05) is 13.1 Å². The molecular weight excluding hydrogens is 456 g/mol. The maximum Gasteiger partial charge on any atom is 0.338 e. The Balaban J connectivity index is 1.47. The molecule has 0 N–H and O–H groups in total. The van der Waals surface area contributed by atoms with Crippen molar-refractivity contribution in [3.8, 4) is 0 Å². The lowest BCUT2D eigenvalue weighted by molar-refractivity contribution is -0.0440. The van der Waals surface area contributed by atoms with Crippen LogP contribution in [0.4, 0.5) is 8.78 Å². The summed E-state index contributed by atoms with van der Waals surface area (Å²) in [6, 6.07) is 11.7. The summed E-state index contributed by atoms with van der Waals surface area (Å²) in [7, 11) is -3.75. The Morgan fingerprint density at radius 1 is 1.12 bits per heavy atom. The van der Waals surface area contributed by atoms with Gasteiger partial charge in [-0.15, -0.1) is 0 Å². The van der Waals surface area contributed by atoms with Gasteiger partial charge in [-0.05, 0) is 50.2 Å². The summed E-state index contributed by atoms with van der Waals surface area (Å²) in [6.45, 7) is 0.783. The van der Waals surface area contributed by atoms with E-state index in [9.17, 15) is 22.0 Å². The lowest BCUT2D eigenvalue weighted by Gasteiger charge is -2.34. The second-order valence-electron chi connectivity index (χ2n) is 7.84. The smallest absolute Gasteiger partial charge is 0.338 e. The number of halogens is 2. The van der Waals surface area contributed by atoms with Gasteiger partial charge in [-0.3, -0.25) is 4.57 Å². The van der Waals surface area contributed by atoms with E-state index in [0.717, 1.165) is 0 Å². The molecule has 1 saturated heterocycles. The molecule has 0 radical (unpaired) electrons. The van der Waals surface area contributed by atoms with E-state index in [4.69, 9.17) is 9.47 Å². The van der Waals surface area contributed by atoms with Crippen LogP contribution in [0.25, 0.3) is 11.0 Å². The highest BCUT2D eigenvalue weighted by molar-refractivity contribution is 7.89. The molecule has 0 amide bonds. The van der Waals surface area contributed by atoms with Crippen molar-refractivity contribution >= 4 is 27.0 Å². The third-order valence-corrected chi connectivity index (χ3v) is 7.16. The summed E-state index contributed by atoms with van der Waals surface area (Å²) in [5, 5.41) is 0. The van der Waals surface area contributed by atoms with Crippen molar-refractivity contribution in [3.05, 3.63) is 59.9 Å². The largest absolute Gasteiger partial charge is 0.454 e. The first-order chi connectivity index (χ1) is 15.7. The van der Waals surface area contributed by atoms with Crippen LogP contribution in [0, 0.1) is 0 Å². The van der Waals surface area contributed by atoms with Crippen LogP contribution in [0.15, 0.2) is 53.4 Å². The summed E-state index contributed by atoms with van der Waals surface area (Å²) in [4.78, 5) is 16.6. The molecule has 1 aliphatic rings. The van der Waals surface area contributed by atoms with Crippen molar-refractivity contribution < 1.29 is 31.5 Å². The fourth-order valence-electron chi connectivity index (χ4n) is 3.87. The first-order valence-electron chi connectivity index (χ1n) is 10.3. The standard InChI is InChI=1S/C22H23F2N3O5S/c1-14-11-26(12-15(2)32-14)33(29,30)17-9-7-16(8-10-17)21(28)31-13-20-25-18-5-3-4-6-19(18)27(20)22(23)24/h3-10,14-15,22H,11-13H2,1-2H3. The lowest BCUT2D eigenvalue weighted by Crippen LogP contribution is -2.48. The van der Waals surface area contributed by atoms with E-state index in [1.165, 1.54) is 34.6 Å². The molecule has 1 aromatic heterocycles. The molecule has 2 atom stereocenters. The van der Waals surface area contributed by atoms with Gasteiger partial charge in [0.15, 0.2) is 5.82 Å². The summed E-state index contributed by atoms with van der Waals surface area (Å²) >= 11 is 0. The second kappa shape index (κ2) is 9.16. The van der Waals surface area contributed by atoms with Gasteiger partial charge in [-0.1, -0.05) is 12.1 Å². The van der Waals surface area contributed by atoms with E-state index < -0.39 is 29.1 Å². The van der Waals surface area contributed by atoms with Crippen molar-refractivity contribution in [2.75, 3.05) is 13.1 Å². The fourth-order valence-corrected chi connectivity index (χ4v) is 5.46. The minimum Gasteiger partial charge on any atom is -0.454 e. The number of fused-ring (bicyclic) bond motifs is 1. The molecule has 2 unspecified atom stereocenters. The van der Waals surface area contributed by atoms with Crippen LogP contribution in [0.3, 0.4) is 0 Å². The molecule has 0 bridgehead atoms. The first-order valence-corrected chi connectivity index (χ1v) is 11.8. The normalized spacial score (nSPS) is 19.8. The van der Waals surface area contributed by atoms with Crippen molar-refractivity contribution in [2.24, 2.45) is 0 Å². The Morgan fingerprint density at radius 3 is 2.39 bits per heavy atom. The van der Waals surface area contributed by atoms with E-state index in [2.05, 4.69) is 4.98 Å². The first kappa shape index (κ1) is 23.3. The lowest BCUT2D eigenvalue weighted by atomic mass is 10.2. The Kier molecular flexibility index (Phi) is 6.46. The van der Waals surface area contributed by atoms with E-state index in [1.54, 1.807) is 32.0 Å². The number of rotatable bonds is 6. The quantitative estimate of drug-likeness (QED) is 0.502. The van der Waals surface area contributed by atoms with Crippen LogP contribution < -0.4 is 0 Å². The van der Waals surface area contributed by atoms with Crippen LogP contribution in [0.2, 0.25) is 0 Å². The number of para-hydroxylation sites is 2. The molecule has 176 valence electrons. The van der Waals surface area contributed by atoms with Crippen molar-refractivity contribution in [2.45, 2.75) is 44.1 Å². The van der Waals surface area contributed by atoms with Gasteiger partial charge in [0.25, 0.3) is 0 Å². The van der Waals surface area contributed by atoms with Crippen molar-refractivity contribution in [1.82, 2.24) is 13.9 Å². The maximum absolute atomic E-state index is 13.5. The fraction of sp³-hybridized carbons (Fsp3) is 0.364. The molecule has 11 heteroatoms. The molecule has 1 fully saturated rings. The van der Waals surface area contributed by atoms with Gasteiger partial charge in [0.1, 0.15) is 6.61 Å². The number of esters is 1. The Labute approximate surface area is 189 Å². The van der Waals surface area contributed by atoms with Gasteiger partial charge < -0.3 is 9.47 Å². The van der Waals surface area contributed by atoms with E-state index in [1.807, 2.05) is 0 Å². The second-order valence-corrected chi connectivity index (χ2v) is 9.78. The number of carbonyl (C=O) groups excluding carboxylic acids is 1. The topological polar surface area (TPSA) is 90.7 Å². The summed E-state index contributed by atoms with van der Waals surface area (Å²) < 4.78 is 65.7. The number of morpholine rings is 1. The van der Waals surface area contributed by atoms with Gasteiger partial charge in [0.05, 0.1) is 33.7 Å². The van der Waals surface area contributed by atoms with Crippen molar-refractivity contribution in [3.63, 3.8) is 0 Å². The average Bonchev–Trinajstić information content (AvgIpc) is 3.15. The molecule has 0 spiro atoms. The van der Waals surface area contributed by atoms with E-state index in [-0.39, 0.29) is 47.1 Å². The molecule has 33 heavy (non-hydrogen) atoms. The van der Waals surface area contributed by atoms with Gasteiger partial charge in [0.2, 0.25) is 10.0 Å². The zero-order valence-corrected chi connectivity index (χ0v) is 18.8. The number of alkyl halides is 2. The molecular formula is C22H23F2N3O5S. The third-order valence-electron chi connectivity index (χ3n) is 5.31. The minimum atomic E-state index is -3.75. The Bertz CT molecular complexity index is 1250. The summed E-state index contributed by atoms with van der Waals surface area (Å²) in [6.07, 6.45) is -0.453. The number of carbonyl (C=O) groups is 1. The molecule has 2 heterocycles. The van der Waals surface area contributed by atoms with Gasteiger partial charge in [-0.25, -0.2) is 18.2 Å². The zero-order chi connectivity index (χ0) is 23.8. The Morgan fingerprint density at radius 2 is 1.76 bits per heavy atom. The number of imidazole rings is 1. The SMILES string of the molecule is CC1CN(S(=O)(=O)c2ccc(C(=O)OCc3nc4ccccc4n3C(F)F)cc2)CC(C)O1. The predicted molar refractivity (Wildman–Crippen MR) is 115 cm³/mol. The van der Waals surface area contributed by atoms with Crippen LogP contribution in [0.5, 0.6) is 0 Å². The number of nitrogens with zero attached hydrogens (tertiary/aromatic N) is 3. The average molecular weight is 480 g/mol. The van der Waals surface area contributed by atoms with E-state index >= 15 is 0 Å². The van der Waals surface area contributed by atoms with Crippen LogP contribution in [-0.4, -0.2) is 53.5 Å². The molecule has 1 aliphatic heterocycles. The highest BCUT2D eigenvalue weighted by Crippen LogP contribution is 2.24. The Hall–Kier alpha value is -2.89. The molecule has 0 saturated carbocycles. The highest BCUT2D eigenvalue weighted by atomic mass is 32.2. The summed E-state index contributed by atoms with van der Waals surface area (Å²) in [5.41, 5.74) is 0.697. The molecule has 3 aromatic rings. The molecule has 4 rings (SSSR count). The highest BCUT2D eigenvalue weighted by Gasteiger charge is 2.32. The number of aromatic nitrogens is 2. The van der Waals surface area contributed by atoms with Crippen LogP contribution >= 0.6 is 0 Å². The maximum atomic E-state index is 13.5. The number of hydrogen-bond acceptors (Lipinski definition) is 6. The molecule has 8 nitrogen and oxygen atoms in total. The predicted octanol–water partition coefficient (Wildman–Crippen LogP) is 3.59. The molecule has 2 aromatic carbocycles. The number of sulfonamides is 1. The van der Waals surface area contributed by atoms with E-state index in [0.29, 0.717) is 10.1 Å². The summed E-state index contributed by atoms with van der Waals surface area (Å²) in [5.74, 6) is -0.866. The van der Waals surface area contributed by atoms with Crippen LogP contribution in [0.1, 0.15) is 36.6 Å². The zero-order valence-electron chi connectivity index (χ0n) is 18.0. The third kappa shape index (κ3) is 4.75. The van der Waals surface area contributed by atoms with Gasteiger partial charge >= 0.3 is 12.5 Å². The minimum absolute atomic E-state index is 0.0415. The molecule has 0 aliphatic carbocycles. The van der Waals surface area contributed by atoms with Crippen molar-refractivity contribution in [1.29, 1.82) is 0 Å². The number of ether oxygens (including phenoxy) is 2. The monoisotopic (exact) mass is 479 g/mol. The van der Waals surface area contributed by atoms with Crippen LogP contribution in [-0.2, 0) is 26.1 Å².